The predicted octanol–water partition coefficient (Wildman–Crippen LogP) is 3.96. The summed E-state index contributed by atoms with van der Waals surface area (Å²) in [5.41, 5.74) is 0.537. The molecule has 0 aliphatic rings. The van der Waals surface area contributed by atoms with E-state index >= 15 is 0 Å². The molecule has 1 heterocycles. The van der Waals surface area contributed by atoms with Crippen LogP contribution in [0, 0.1) is 10.1 Å². The number of hydrogen-bond donors (Lipinski definition) is 1. The summed E-state index contributed by atoms with van der Waals surface area (Å²) in [4.78, 5) is 23.1. The topological polar surface area (TPSA) is 112 Å². The molecule has 0 saturated carbocycles. The minimum Gasteiger partial charge on any atom is -0.504 e. The average Bonchev–Trinajstić information content (AvgIpc) is 3.14. The van der Waals surface area contributed by atoms with Crippen LogP contribution in [0.3, 0.4) is 0 Å². The zero-order chi connectivity index (χ0) is 19.6. The van der Waals surface area contributed by atoms with Crippen molar-refractivity contribution < 1.29 is 28.7 Å². The van der Waals surface area contributed by atoms with E-state index in [-0.39, 0.29) is 28.3 Å². The lowest BCUT2D eigenvalue weighted by molar-refractivity contribution is -0.384. The smallest absolute Gasteiger partial charge is 0.270 e. The van der Waals surface area contributed by atoms with Gasteiger partial charge in [0.05, 0.1) is 30.8 Å². The zero-order valence-corrected chi connectivity index (χ0v) is 14.5. The Morgan fingerprint density at radius 1 is 1.22 bits per heavy atom. The number of non-ortho nitro benzene ring substituents is 1. The molecule has 3 aromatic rings. The van der Waals surface area contributed by atoms with Crippen molar-refractivity contribution in [1.29, 1.82) is 0 Å². The maximum Gasteiger partial charge on any atom is 0.270 e. The molecular weight excluding hydrogens is 354 g/mol. The van der Waals surface area contributed by atoms with Crippen molar-refractivity contribution in [2.75, 3.05) is 14.2 Å². The number of methoxy groups -OCH3 is 2. The van der Waals surface area contributed by atoms with Gasteiger partial charge in [0.2, 0.25) is 5.75 Å². The van der Waals surface area contributed by atoms with Crippen molar-refractivity contribution in [2.24, 2.45) is 0 Å². The molecule has 1 N–H and O–H groups in total. The molecule has 27 heavy (non-hydrogen) atoms. The molecule has 0 fully saturated rings. The third-order valence-corrected chi connectivity index (χ3v) is 3.96. The molecule has 0 bridgehead atoms. The lowest BCUT2D eigenvalue weighted by Crippen LogP contribution is -2.02. The Bertz CT molecular complexity index is 1070. The number of aromatic hydroxyl groups is 1. The molecular formula is C19H15NO7. The molecule has 0 aliphatic carbocycles. The van der Waals surface area contributed by atoms with Gasteiger partial charge in [-0.05, 0) is 17.7 Å². The van der Waals surface area contributed by atoms with Crippen LogP contribution in [0.2, 0.25) is 0 Å². The molecule has 3 rings (SSSR count). The number of carbonyl (C=O) groups is 1. The number of fused-ring (bicyclic) bond motifs is 1. The normalized spacial score (nSPS) is 11.0. The number of ketones is 1. The van der Waals surface area contributed by atoms with Crippen molar-refractivity contribution in [3.05, 3.63) is 63.9 Å². The Kier molecular flexibility index (Phi) is 4.80. The first-order valence-corrected chi connectivity index (χ1v) is 7.79. The van der Waals surface area contributed by atoms with Crippen LogP contribution in [0.4, 0.5) is 5.69 Å². The summed E-state index contributed by atoms with van der Waals surface area (Å²) in [5, 5.41) is 21.8. The van der Waals surface area contributed by atoms with Crippen LogP contribution in [0.25, 0.3) is 17.0 Å². The summed E-state index contributed by atoms with van der Waals surface area (Å²) in [5.74, 6) is -0.809. The van der Waals surface area contributed by atoms with Crippen molar-refractivity contribution >= 4 is 28.5 Å². The van der Waals surface area contributed by atoms with Gasteiger partial charge >= 0.3 is 0 Å². The van der Waals surface area contributed by atoms with Gasteiger partial charge in [-0.15, -0.1) is 0 Å². The highest BCUT2D eigenvalue weighted by atomic mass is 16.6. The maximum atomic E-state index is 12.7. The average molecular weight is 369 g/mol. The van der Waals surface area contributed by atoms with Gasteiger partial charge in [-0.3, -0.25) is 14.9 Å². The second-order valence-electron chi connectivity index (χ2n) is 5.50. The highest BCUT2D eigenvalue weighted by molar-refractivity contribution is 6.15. The highest BCUT2D eigenvalue weighted by Crippen LogP contribution is 2.45. The Balaban J connectivity index is 2.06. The zero-order valence-electron chi connectivity index (χ0n) is 14.5. The SMILES string of the molecule is COc1c(C(=O)/C=C/c2cccc([N+](=O)[O-])c2)c(O)c(OC)c2occc12. The van der Waals surface area contributed by atoms with E-state index in [4.69, 9.17) is 13.9 Å². The van der Waals surface area contributed by atoms with Gasteiger partial charge in [-0.2, -0.15) is 0 Å². The van der Waals surface area contributed by atoms with E-state index in [9.17, 15) is 20.0 Å². The van der Waals surface area contributed by atoms with Crippen LogP contribution in [0.5, 0.6) is 17.2 Å². The number of nitro groups is 1. The Hall–Kier alpha value is -3.81. The second kappa shape index (κ2) is 7.20. The van der Waals surface area contributed by atoms with Gasteiger partial charge in [-0.1, -0.05) is 18.2 Å². The first-order chi connectivity index (χ1) is 13.0. The van der Waals surface area contributed by atoms with Crippen molar-refractivity contribution in [3.8, 4) is 17.2 Å². The van der Waals surface area contributed by atoms with Crippen LogP contribution in [-0.2, 0) is 0 Å². The van der Waals surface area contributed by atoms with Crippen LogP contribution in [0.15, 0.2) is 47.1 Å². The van der Waals surface area contributed by atoms with Crippen LogP contribution < -0.4 is 9.47 Å². The number of nitro benzene ring substituents is 1. The fourth-order valence-electron chi connectivity index (χ4n) is 2.75. The number of rotatable bonds is 6. The van der Waals surface area contributed by atoms with Gasteiger partial charge in [0.15, 0.2) is 17.1 Å². The lowest BCUT2D eigenvalue weighted by Gasteiger charge is -2.12. The van der Waals surface area contributed by atoms with E-state index < -0.39 is 16.5 Å². The highest BCUT2D eigenvalue weighted by Gasteiger charge is 2.26. The quantitative estimate of drug-likeness (QED) is 0.303. The van der Waals surface area contributed by atoms with Crippen molar-refractivity contribution in [1.82, 2.24) is 0 Å². The van der Waals surface area contributed by atoms with Crippen molar-refractivity contribution in [2.45, 2.75) is 0 Å². The Morgan fingerprint density at radius 2 is 1.96 bits per heavy atom. The summed E-state index contributed by atoms with van der Waals surface area (Å²) in [6.45, 7) is 0. The number of ether oxygens (including phenoxy) is 2. The van der Waals surface area contributed by atoms with Crippen molar-refractivity contribution in [3.63, 3.8) is 0 Å². The number of carbonyl (C=O) groups excluding carboxylic acids is 1. The van der Waals surface area contributed by atoms with Gasteiger partial charge < -0.3 is 19.0 Å². The van der Waals surface area contributed by atoms with Gasteiger partial charge in [0.1, 0.15) is 11.3 Å². The van der Waals surface area contributed by atoms with Gasteiger partial charge in [0.25, 0.3) is 5.69 Å². The van der Waals surface area contributed by atoms with E-state index in [1.807, 2.05) is 0 Å². The van der Waals surface area contributed by atoms with Crippen LogP contribution >= 0.6 is 0 Å². The Labute approximate surface area is 153 Å². The first kappa shape index (κ1) is 18.0. The standard InChI is InChI=1S/C19H15NO7/c1-25-17-13-8-9-27-18(13)19(26-2)16(22)15(17)14(21)7-6-11-4-3-5-12(10-11)20(23)24/h3-10,22H,1-2H3/b7-6+. The third kappa shape index (κ3) is 3.20. The molecule has 8 nitrogen and oxygen atoms in total. The molecule has 1 aromatic heterocycles. The molecule has 8 heteroatoms. The van der Waals surface area contributed by atoms with E-state index in [1.165, 1.54) is 50.8 Å². The van der Waals surface area contributed by atoms with Crippen LogP contribution in [-0.4, -0.2) is 30.0 Å². The van der Waals surface area contributed by atoms with Crippen LogP contribution in [0.1, 0.15) is 15.9 Å². The monoisotopic (exact) mass is 369 g/mol. The number of benzene rings is 2. The maximum absolute atomic E-state index is 12.7. The van der Waals surface area contributed by atoms with Gasteiger partial charge in [0, 0.05) is 12.1 Å². The van der Waals surface area contributed by atoms with E-state index in [1.54, 1.807) is 12.1 Å². The second-order valence-corrected chi connectivity index (χ2v) is 5.50. The minimum absolute atomic E-state index is 0.0166. The molecule has 0 atom stereocenters. The summed E-state index contributed by atoms with van der Waals surface area (Å²) in [7, 11) is 2.71. The van der Waals surface area contributed by atoms with E-state index in [0.29, 0.717) is 10.9 Å². The number of nitrogens with zero attached hydrogens (tertiary/aromatic N) is 1. The molecule has 0 saturated heterocycles. The summed E-state index contributed by atoms with van der Waals surface area (Å²) in [6, 6.07) is 7.41. The summed E-state index contributed by atoms with van der Waals surface area (Å²) in [6.07, 6.45) is 4.00. The van der Waals surface area contributed by atoms with E-state index in [0.717, 1.165) is 0 Å². The molecule has 0 unspecified atom stereocenters. The number of phenols is 1. The predicted molar refractivity (Wildman–Crippen MR) is 97.4 cm³/mol. The number of hydrogen-bond acceptors (Lipinski definition) is 7. The van der Waals surface area contributed by atoms with Gasteiger partial charge in [-0.25, -0.2) is 0 Å². The number of phenolic OH excluding ortho intramolecular Hbond substituents is 1. The molecule has 0 aliphatic heterocycles. The number of allylic oxidation sites excluding steroid dienone is 1. The molecule has 0 amide bonds. The number of furan rings is 1. The molecule has 0 spiro atoms. The summed E-state index contributed by atoms with van der Waals surface area (Å²) < 4.78 is 15.8. The minimum atomic E-state index is -0.558. The fraction of sp³-hybridized carbons (Fsp3) is 0.105. The van der Waals surface area contributed by atoms with E-state index in [2.05, 4.69) is 0 Å². The lowest BCUT2D eigenvalue weighted by atomic mass is 10.0. The third-order valence-electron chi connectivity index (χ3n) is 3.96. The molecule has 138 valence electrons. The summed E-state index contributed by atoms with van der Waals surface area (Å²) >= 11 is 0. The fourth-order valence-corrected chi connectivity index (χ4v) is 2.75. The molecule has 0 radical (unpaired) electrons. The first-order valence-electron chi connectivity index (χ1n) is 7.79. The molecule has 2 aromatic carbocycles. The Morgan fingerprint density at radius 3 is 2.63 bits per heavy atom. The largest absolute Gasteiger partial charge is 0.504 e.